The predicted molar refractivity (Wildman–Crippen MR) is 103 cm³/mol. The van der Waals surface area contributed by atoms with Crippen molar-refractivity contribution < 1.29 is 9.21 Å². The molecule has 7 heteroatoms. The summed E-state index contributed by atoms with van der Waals surface area (Å²) in [5.41, 5.74) is 1.50. The summed E-state index contributed by atoms with van der Waals surface area (Å²) in [6, 6.07) is 13.1. The number of aromatic amines is 1. The molecule has 1 aromatic carbocycles. The van der Waals surface area contributed by atoms with Crippen LogP contribution in [0.1, 0.15) is 16.2 Å². The number of benzene rings is 1. The molecule has 128 valence electrons. The normalized spacial score (nSPS) is 12.6. The van der Waals surface area contributed by atoms with Crippen LogP contribution >= 0.6 is 22.7 Å². The molecule has 0 bridgehead atoms. The number of hydrogen-bond acceptors (Lipinski definition) is 6. The number of rotatable bonds is 4. The Morgan fingerprint density at radius 2 is 2.00 bits per heavy atom. The number of carbonyl (C=O) groups is 1. The van der Waals surface area contributed by atoms with Crippen molar-refractivity contribution in [1.82, 2.24) is 9.97 Å². The van der Waals surface area contributed by atoms with Crippen molar-refractivity contribution in [3.8, 4) is 10.6 Å². The lowest BCUT2D eigenvalue weighted by molar-refractivity contribution is 0.103. The maximum Gasteiger partial charge on any atom is 0.266 e. The fraction of sp³-hybridized carbons (Fsp3) is 0. The van der Waals surface area contributed by atoms with Crippen molar-refractivity contribution >= 4 is 40.6 Å². The van der Waals surface area contributed by atoms with Gasteiger partial charge in [0.25, 0.3) is 5.56 Å². The first-order chi connectivity index (χ1) is 12.7. The van der Waals surface area contributed by atoms with E-state index in [9.17, 15) is 9.59 Å². The van der Waals surface area contributed by atoms with Crippen LogP contribution in [-0.4, -0.2) is 15.8 Å². The van der Waals surface area contributed by atoms with Gasteiger partial charge in [-0.15, -0.1) is 22.7 Å². The molecule has 0 saturated heterocycles. The monoisotopic (exact) mass is 380 g/mol. The van der Waals surface area contributed by atoms with E-state index in [1.54, 1.807) is 18.2 Å². The Hall–Kier alpha value is -3.03. The van der Waals surface area contributed by atoms with Crippen LogP contribution in [0.3, 0.4) is 0 Å². The van der Waals surface area contributed by atoms with Crippen LogP contribution in [0, 0.1) is 0 Å². The molecule has 5 nitrogen and oxygen atoms in total. The van der Waals surface area contributed by atoms with E-state index in [1.165, 1.54) is 35.0 Å². The van der Waals surface area contributed by atoms with E-state index in [-0.39, 0.29) is 17.1 Å². The second-order valence-electron chi connectivity index (χ2n) is 5.36. The van der Waals surface area contributed by atoms with Crippen LogP contribution in [0.25, 0.3) is 22.7 Å². The predicted octanol–water partition coefficient (Wildman–Crippen LogP) is 2.65. The largest absolute Gasteiger partial charge is 0.461 e. The molecular formula is C19H12N2O3S2. The van der Waals surface area contributed by atoms with E-state index in [1.807, 2.05) is 35.7 Å². The number of ketones is 1. The summed E-state index contributed by atoms with van der Waals surface area (Å²) in [5.74, 6) is -0.0594. The maximum atomic E-state index is 12.1. The van der Waals surface area contributed by atoms with Gasteiger partial charge >= 0.3 is 0 Å². The average molecular weight is 380 g/mol. The summed E-state index contributed by atoms with van der Waals surface area (Å²) in [4.78, 5) is 31.4. The molecule has 0 amide bonds. The smallest absolute Gasteiger partial charge is 0.266 e. The maximum absolute atomic E-state index is 12.1. The molecule has 0 aliphatic rings. The molecule has 0 fully saturated rings. The highest BCUT2D eigenvalue weighted by Crippen LogP contribution is 2.23. The number of hydrogen-bond donors (Lipinski definition) is 1. The van der Waals surface area contributed by atoms with Crippen LogP contribution in [0.15, 0.2) is 63.3 Å². The summed E-state index contributed by atoms with van der Waals surface area (Å²) in [5, 5.41) is 2.79. The lowest BCUT2D eigenvalue weighted by Crippen LogP contribution is -2.20. The number of H-pyrrole nitrogens is 1. The highest BCUT2D eigenvalue weighted by molar-refractivity contribution is 7.13. The highest BCUT2D eigenvalue weighted by atomic mass is 32.1. The van der Waals surface area contributed by atoms with Gasteiger partial charge in [-0.05, 0) is 18.2 Å². The molecule has 0 unspecified atom stereocenters. The first-order valence-electron chi connectivity index (χ1n) is 7.70. The molecule has 4 rings (SSSR count). The Balaban J connectivity index is 1.67. The van der Waals surface area contributed by atoms with E-state index in [4.69, 9.17) is 4.42 Å². The minimum Gasteiger partial charge on any atom is -0.461 e. The Morgan fingerprint density at radius 3 is 2.77 bits per heavy atom. The van der Waals surface area contributed by atoms with Crippen molar-refractivity contribution in [2.75, 3.05) is 0 Å². The van der Waals surface area contributed by atoms with Gasteiger partial charge in [0.2, 0.25) is 5.78 Å². The number of aromatic nitrogens is 2. The minimum atomic E-state index is -0.293. The number of carbonyl (C=O) groups excluding carboxylic acids is 1. The number of Topliss-reactive ketones (excluding diaryl/α,β-unsaturated/α-hetero) is 1. The van der Waals surface area contributed by atoms with Gasteiger partial charge in [0.05, 0.1) is 21.2 Å². The fourth-order valence-corrected chi connectivity index (χ4v) is 3.99. The van der Waals surface area contributed by atoms with Gasteiger partial charge < -0.3 is 9.40 Å². The topological polar surface area (TPSA) is 76.0 Å². The standard InChI is InChI=1S/C19H12N2O3S2/c22-14(15-7-4-8-24-15)10-17-21-18(23)16(26-17)9-13-11-25-19(20-13)12-5-2-1-3-6-12/h1-11H,(H,21,23)/b16-9+,17-10-. The second-order valence-corrected chi connectivity index (χ2v) is 7.30. The third kappa shape index (κ3) is 3.49. The quantitative estimate of drug-likeness (QED) is 0.552. The zero-order valence-corrected chi connectivity index (χ0v) is 15.0. The summed E-state index contributed by atoms with van der Waals surface area (Å²) < 4.78 is 6.03. The van der Waals surface area contributed by atoms with Gasteiger partial charge in [-0.3, -0.25) is 9.59 Å². The molecule has 1 N–H and O–H groups in total. The van der Waals surface area contributed by atoms with E-state index in [0.717, 1.165) is 10.6 Å². The van der Waals surface area contributed by atoms with E-state index < -0.39 is 0 Å². The van der Waals surface area contributed by atoms with Gasteiger partial charge in [-0.2, -0.15) is 0 Å². The van der Waals surface area contributed by atoms with Crippen LogP contribution in [0.4, 0.5) is 0 Å². The summed E-state index contributed by atoms with van der Waals surface area (Å²) in [6.07, 6.45) is 4.52. The summed E-state index contributed by atoms with van der Waals surface area (Å²) in [6.45, 7) is 0. The fourth-order valence-electron chi connectivity index (χ4n) is 2.33. The molecule has 0 saturated carbocycles. The van der Waals surface area contributed by atoms with E-state index in [2.05, 4.69) is 9.97 Å². The summed E-state index contributed by atoms with van der Waals surface area (Å²) in [7, 11) is 0. The van der Waals surface area contributed by atoms with Crippen molar-refractivity contribution in [1.29, 1.82) is 0 Å². The van der Waals surface area contributed by atoms with Crippen molar-refractivity contribution in [2.24, 2.45) is 0 Å². The zero-order chi connectivity index (χ0) is 17.9. The van der Waals surface area contributed by atoms with Gasteiger partial charge in [0.15, 0.2) is 5.76 Å². The molecule has 0 aliphatic carbocycles. The van der Waals surface area contributed by atoms with Gasteiger partial charge in [0, 0.05) is 17.0 Å². The number of nitrogens with one attached hydrogen (secondary N) is 1. The molecule has 26 heavy (non-hydrogen) atoms. The lowest BCUT2D eigenvalue weighted by atomic mass is 10.2. The number of nitrogens with zero attached hydrogens (tertiary/aromatic N) is 1. The van der Waals surface area contributed by atoms with Crippen molar-refractivity contribution in [3.05, 3.63) is 85.1 Å². The van der Waals surface area contributed by atoms with Gasteiger partial charge in [-0.1, -0.05) is 30.3 Å². The first kappa shape index (κ1) is 16.4. The third-order valence-electron chi connectivity index (χ3n) is 3.53. The third-order valence-corrected chi connectivity index (χ3v) is 5.40. The molecule has 3 aromatic heterocycles. The Bertz CT molecular complexity index is 1220. The Kier molecular flexibility index (Phi) is 4.47. The number of thiazole rings is 2. The van der Waals surface area contributed by atoms with Gasteiger partial charge in [-0.25, -0.2) is 4.98 Å². The molecule has 0 radical (unpaired) electrons. The van der Waals surface area contributed by atoms with E-state index in [0.29, 0.717) is 14.9 Å². The van der Waals surface area contributed by atoms with E-state index >= 15 is 0 Å². The zero-order valence-electron chi connectivity index (χ0n) is 13.3. The molecule has 0 spiro atoms. The average Bonchev–Trinajstić information content (AvgIpc) is 3.39. The molecule has 0 atom stereocenters. The Morgan fingerprint density at radius 1 is 1.15 bits per heavy atom. The lowest BCUT2D eigenvalue weighted by Gasteiger charge is -1.92. The van der Waals surface area contributed by atoms with Crippen LogP contribution in [0.2, 0.25) is 0 Å². The van der Waals surface area contributed by atoms with Crippen LogP contribution in [0.5, 0.6) is 0 Å². The highest BCUT2D eigenvalue weighted by Gasteiger charge is 2.06. The Labute approximate surface area is 155 Å². The van der Waals surface area contributed by atoms with Crippen molar-refractivity contribution in [2.45, 2.75) is 0 Å². The second kappa shape index (κ2) is 7.07. The molecule has 3 heterocycles. The van der Waals surface area contributed by atoms with Gasteiger partial charge in [0.1, 0.15) is 5.01 Å². The SMILES string of the molecule is O=C(/C=c1/[nH]c(=O)/c(=C\c2csc(-c3ccccc3)n2)s1)c1ccco1. The number of furan rings is 1. The molecule has 4 aromatic rings. The van der Waals surface area contributed by atoms with Crippen molar-refractivity contribution in [3.63, 3.8) is 0 Å². The van der Waals surface area contributed by atoms with Crippen LogP contribution < -0.4 is 14.8 Å². The first-order valence-corrected chi connectivity index (χ1v) is 9.40. The minimum absolute atomic E-state index is 0.233. The van der Waals surface area contributed by atoms with Crippen LogP contribution in [-0.2, 0) is 0 Å². The molecular weight excluding hydrogens is 368 g/mol. The molecule has 0 aliphatic heterocycles. The summed E-state index contributed by atoms with van der Waals surface area (Å²) >= 11 is 2.73.